The van der Waals surface area contributed by atoms with Crippen molar-refractivity contribution in [3.05, 3.63) is 77.9 Å². The van der Waals surface area contributed by atoms with Crippen LogP contribution in [0.4, 0.5) is 11.4 Å². The van der Waals surface area contributed by atoms with Crippen molar-refractivity contribution in [1.82, 2.24) is 14.8 Å². The molecule has 0 spiro atoms. The van der Waals surface area contributed by atoms with Gasteiger partial charge in [-0.1, -0.05) is 24.3 Å². The Morgan fingerprint density at radius 3 is 2.35 bits per heavy atom. The number of para-hydroxylation sites is 1. The van der Waals surface area contributed by atoms with Crippen LogP contribution in [0.15, 0.2) is 72.1 Å². The maximum atomic E-state index is 12.8. The fourth-order valence-electron chi connectivity index (χ4n) is 2.78. The molecule has 1 amide bonds. The van der Waals surface area contributed by atoms with Crippen molar-refractivity contribution >= 4 is 38.6 Å². The molecule has 0 aliphatic heterocycles. The maximum absolute atomic E-state index is 12.8. The van der Waals surface area contributed by atoms with E-state index in [0.29, 0.717) is 17.2 Å². The number of hydrogen-bond donors (Lipinski definition) is 2. The number of nitrogens with zero attached hydrogens (tertiary/aromatic N) is 3. The molecule has 158 valence electrons. The first-order valence-corrected chi connectivity index (χ1v) is 12.0. The zero-order valence-corrected chi connectivity index (χ0v) is 18.2. The van der Waals surface area contributed by atoms with E-state index in [-0.39, 0.29) is 11.6 Å². The summed E-state index contributed by atoms with van der Waals surface area (Å²) >= 11 is 1.51. The van der Waals surface area contributed by atoms with Gasteiger partial charge < -0.3 is 5.32 Å². The zero-order valence-electron chi connectivity index (χ0n) is 16.5. The van der Waals surface area contributed by atoms with Crippen molar-refractivity contribution in [3.63, 3.8) is 0 Å². The van der Waals surface area contributed by atoms with Crippen LogP contribution in [0.25, 0.3) is 16.4 Å². The predicted molar refractivity (Wildman–Crippen MR) is 122 cm³/mol. The van der Waals surface area contributed by atoms with Gasteiger partial charge in [-0.05, 0) is 54.8 Å². The summed E-state index contributed by atoms with van der Waals surface area (Å²) in [7, 11) is -3.36. The molecule has 0 aliphatic carbocycles. The van der Waals surface area contributed by atoms with Crippen LogP contribution in [0.3, 0.4) is 0 Å². The van der Waals surface area contributed by atoms with E-state index in [9.17, 15) is 13.2 Å². The average molecular weight is 454 g/mol. The van der Waals surface area contributed by atoms with Gasteiger partial charge in [0.2, 0.25) is 15.8 Å². The summed E-state index contributed by atoms with van der Waals surface area (Å²) in [6.07, 6.45) is 0. The van der Waals surface area contributed by atoms with E-state index in [1.54, 1.807) is 35.9 Å². The maximum Gasteiger partial charge on any atom is 0.295 e. The average Bonchev–Trinajstić information content (AvgIpc) is 3.45. The number of aromatic nitrogens is 3. The molecule has 2 aromatic carbocycles. The van der Waals surface area contributed by atoms with Crippen molar-refractivity contribution in [3.8, 4) is 16.4 Å². The molecule has 2 aromatic heterocycles. The Balaban J connectivity index is 1.58. The molecule has 0 unspecified atom stereocenters. The number of carbonyl (C=O) groups excluding carboxylic acids is 1. The summed E-state index contributed by atoms with van der Waals surface area (Å²) in [6.45, 7) is 1.56. The van der Waals surface area contributed by atoms with Gasteiger partial charge in [0.1, 0.15) is 0 Å². The molecule has 0 fully saturated rings. The Bertz CT molecular complexity index is 1280. The van der Waals surface area contributed by atoms with Crippen LogP contribution in [0, 0.1) is 0 Å². The van der Waals surface area contributed by atoms with Crippen LogP contribution in [-0.2, 0) is 10.0 Å². The summed E-state index contributed by atoms with van der Waals surface area (Å²) < 4.78 is 27.4. The fraction of sp³-hybridized carbons (Fsp3) is 0.0952. The summed E-state index contributed by atoms with van der Waals surface area (Å²) in [5.74, 6) is 0.126. The van der Waals surface area contributed by atoms with Crippen LogP contribution < -0.4 is 10.0 Å². The van der Waals surface area contributed by atoms with Gasteiger partial charge >= 0.3 is 0 Å². The number of thiophene rings is 1. The van der Waals surface area contributed by atoms with Gasteiger partial charge in [0.15, 0.2) is 5.82 Å². The Morgan fingerprint density at radius 2 is 1.71 bits per heavy atom. The van der Waals surface area contributed by atoms with E-state index >= 15 is 0 Å². The van der Waals surface area contributed by atoms with Crippen molar-refractivity contribution < 1.29 is 13.2 Å². The van der Waals surface area contributed by atoms with Crippen LogP contribution in [0.5, 0.6) is 0 Å². The Hall–Kier alpha value is -3.50. The molecular weight excluding hydrogens is 434 g/mol. The predicted octanol–water partition coefficient (Wildman–Crippen LogP) is 4.01. The van der Waals surface area contributed by atoms with Gasteiger partial charge in [0.05, 0.1) is 16.3 Å². The molecular formula is C21H19N5O3S2. The largest absolute Gasteiger partial charge is 0.319 e. The second-order valence-corrected chi connectivity index (χ2v) is 9.48. The van der Waals surface area contributed by atoms with Gasteiger partial charge in [0.25, 0.3) is 5.91 Å². The van der Waals surface area contributed by atoms with E-state index in [1.165, 1.54) is 11.3 Å². The molecule has 0 saturated heterocycles. The third kappa shape index (κ3) is 4.81. The third-order valence-electron chi connectivity index (χ3n) is 4.35. The minimum atomic E-state index is -3.36. The van der Waals surface area contributed by atoms with Gasteiger partial charge in [-0.3, -0.25) is 9.52 Å². The summed E-state index contributed by atoms with van der Waals surface area (Å²) in [4.78, 5) is 18.1. The highest BCUT2D eigenvalue weighted by Crippen LogP contribution is 2.26. The van der Waals surface area contributed by atoms with Gasteiger partial charge in [-0.2, -0.15) is 0 Å². The normalized spacial score (nSPS) is 11.3. The third-order valence-corrected chi connectivity index (χ3v) is 6.52. The molecule has 4 rings (SSSR count). The first-order chi connectivity index (χ1) is 14.9. The second kappa shape index (κ2) is 8.70. The van der Waals surface area contributed by atoms with E-state index < -0.39 is 15.9 Å². The minimum absolute atomic E-state index is 0.0200. The van der Waals surface area contributed by atoms with Gasteiger partial charge in [-0.15, -0.1) is 16.4 Å². The van der Waals surface area contributed by atoms with Crippen LogP contribution in [-0.4, -0.2) is 34.8 Å². The lowest BCUT2D eigenvalue weighted by molar-refractivity contribution is 0.101. The first-order valence-electron chi connectivity index (χ1n) is 9.43. The molecule has 2 heterocycles. The molecule has 4 aromatic rings. The van der Waals surface area contributed by atoms with Crippen molar-refractivity contribution in [2.24, 2.45) is 0 Å². The lowest BCUT2D eigenvalue weighted by atomic mass is 10.3. The molecule has 0 saturated carbocycles. The van der Waals surface area contributed by atoms with Gasteiger partial charge in [-0.25, -0.2) is 18.1 Å². The van der Waals surface area contributed by atoms with Crippen LogP contribution in [0.2, 0.25) is 0 Å². The lowest BCUT2D eigenvalue weighted by Gasteiger charge is -2.07. The Labute approximate surface area is 183 Å². The minimum Gasteiger partial charge on any atom is -0.319 e. The van der Waals surface area contributed by atoms with Gasteiger partial charge in [0, 0.05) is 11.4 Å². The standard InChI is InChI=1S/C21H19N5O3S2/c1-2-31(28,29)25-16-12-10-15(11-13-16)22-21(27)19-23-20(18-9-6-14-30-18)26(24-19)17-7-4-3-5-8-17/h3-14,25H,2H2,1H3,(H,22,27). The number of rotatable bonds is 7. The summed E-state index contributed by atoms with van der Waals surface area (Å²) in [5, 5.41) is 9.10. The van der Waals surface area contributed by atoms with Crippen molar-refractivity contribution in [1.29, 1.82) is 0 Å². The van der Waals surface area contributed by atoms with Crippen molar-refractivity contribution in [2.75, 3.05) is 15.8 Å². The molecule has 31 heavy (non-hydrogen) atoms. The molecule has 0 aliphatic rings. The number of anilines is 2. The quantitative estimate of drug-likeness (QED) is 0.440. The van der Waals surface area contributed by atoms with E-state index in [1.807, 2.05) is 47.8 Å². The lowest BCUT2D eigenvalue weighted by Crippen LogP contribution is -2.15. The molecule has 0 atom stereocenters. The summed E-state index contributed by atoms with van der Waals surface area (Å²) in [5.41, 5.74) is 1.72. The number of carbonyl (C=O) groups is 1. The molecule has 0 bridgehead atoms. The second-order valence-electron chi connectivity index (χ2n) is 6.52. The zero-order chi connectivity index (χ0) is 21.8. The smallest absolute Gasteiger partial charge is 0.295 e. The topological polar surface area (TPSA) is 106 Å². The van der Waals surface area contributed by atoms with Crippen LogP contribution >= 0.6 is 11.3 Å². The van der Waals surface area contributed by atoms with Crippen LogP contribution in [0.1, 0.15) is 17.5 Å². The molecule has 2 N–H and O–H groups in total. The highest BCUT2D eigenvalue weighted by Gasteiger charge is 2.19. The number of benzene rings is 2. The Kier molecular flexibility index (Phi) is 5.83. The fourth-order valence-corrected chi connectivity index (χ4v) is 4.12. The monoisotopic (exact) mass is 453 g/mol. The SMILES string of the molecule is CCS(=O)(=O)Nc1ccc(NC(=O)c2nc(-c3cccs3)n(-c3ccccc3)n2)cc1. The molecule has 0 radical (unpaired) electrons. The number of nitrogens with one attached hydrogen (secondary N) is 2. The summed E-state index contributed by atoms with van der Waals surface area (Å²) in [6, 6.07) is 19.7. The highest BCUT2D eigenvalue weighted by molar-refractivity contribution is 7.92. The van der Waals surface area contributed by atoms with E-state index in [4.69, 9.17) is 0 Å². The van der Waals surface area contributed by atoms with E-state index in [0.717, 1.165) is 10.6 Å². The number of sulfonamides is 1. The number of hydrogen-bond acceptors (Lipinski definition) is 6. The molecule has 8 nitrogen and oxygen atoms in total. The first kappa shape index (κ1) is 20.8. The highest BCUT2D eigenvalue weighted by atomic mass is 32.2. The molecule has 10 heteroatoms. The Morgan fingerprint density at radius 1 is 1.00 bits per heavy atom. The van der Waals surface area contributed by atoms with E-state index in [2.05, 4.69) is 20.1 Å². The number of amides is 1. The van der Waals surface area contributed by atoms with Crippen molar-refractivity contribution in [2.45, 2.75) is 6.92 Å².